The molecule has 2 atom stereocenters. The van der Waals surface area contributed by atoms with Crippen molar-refractivity contribution in [3.8, 4) is 0 Å². The summed E-state index contributed by atoms with van der Waals surface area (Å²) in [5.41, 5.74) is 0. The Morgan fingerprint density at radius 1 is 1.62 bits per heavy atom. The lowest BCUT2D eigenvalue weighted by molar-refractivity contribution is -0.141. The Hall–Kier alpha value is -1.43. The normalized spacial score (nSPS) is 14.7. The predicted molar refractivity (Wildman–Crippen MR) is 57.1 cm³/mol. The molecule has 0 amide bonds. The maximum absolute atomic E-state index is 10.9. The van der Waals surface area contributed by atoms with Gasteiger partial charge in [0.25, 0.3) is 0 Å². The molecule has 0 radical (unpaired) electrons. The second-order valence-corrected chi connectivity index (χ2v) is 3.79. The van der Waals surface area contributed by atoms with Crippen molar-refractivity contribution in [1.29, 1.82) is 0 Å². The van der Waals surface area contributed by atoms with Gasteiger partial charge in [0.05, 0.1) is 12.5 Å². The van der Waals surface area contributed by atoms with Gasteiger partial charge in [-0.25, -0.2) is 0 Å². The number of carboxylic acid groups (broad SMARTS) is 1. The zero-order chi connectivity index (χ0) is 12.1. The lowest BCUT2D eigenvalue weighted by atomic mass is 9.95. The number of rotatable bonds is 6. The van der Waals surface area contributed by atoms with E-state index in [0.29, 0.717) is 19.0 Å². The van der Waals surface area contributed by atoms with Crippen LogP contribution in [-0.4, -0.2) is 39.6 Å². The summed E-state index contributed by atoms with van der Waals surface area (Å²) in [7, 11) is 1.62. The summed E-state index contributed by atoms with van der Waals surface area (Å²) < 4.78 is 6.79. The molecule has 1 aromatic rings. The first-order chi connectivity index (χ1) is 7.57. The zero-order valence-electron chi connectivity index (χ0n) is 9.75. The van der Waals surface area contributed by atoms with E-state index in [1.165, 1.54) is 0 Å². The number of nitrogens with zero attached hydrogens (tertiary/aromatic N) is 3. The van der Waals surface area contributed by atoms with Gasteiger partial charge in [-0.2, -0.15) is 0 Å². The van der Waals surface area contributed by atoms with Gasteiger partial charge in [0.15, 0.2) is 0 Å². The molecular weight excluding hydrogens is 210 g/mol. The Balaban J connectivity index is 2.78. The molecule has 0 aliphatic carbocycles. The molecule has 1 rings (SSSR count). The molecule has 0 aromatic carbocycles. The summed E-state index contributed by atoms with van der Waals surface area (Å²) in [6, 6.07) is 0. The van der Waals surface area contributed by atoms with Crippen LogP contribution < -0.4 is 0 Å². The van der Waals surface area contributed by atoms with E-state index < -0.39 is 11.9 Å². The van der Waals surface area contributed by atoms with Gasteiger partial charge >= 0.3 is 5.97 Å². The molecule has 2 unspecified atom stereocenters. The fourth-order valence-electron chi connectivity index (χ4n) is 1.42. The molecular formula is C10H17N3O3. The Morgan fingerprint density at radius 3 is 2.88 bits per heavy atom. The first-order valence-electron chi connectivity index (χ1n) is 5.17. The molecule has 0 bridgehead atoms. The van der Waals surface area contributed by atoms with Gasteiger partial charge in [-0.1, -0.05) is 13.8 Å². The van der Waals surface area contributed by atoms with E-state index in [4.69, 9.17) is 9.84 Å². The van der Waals surface area contributed by atoms with Crippen LogP contribution in [0.1, 0.15) is 25.6 Å². The molecule has 1 N–H and O–H groups in total. The first kappa shape index (κ1) is 12.6. The van der Waals surface area contributed by atoms with Crippen LogP contribution in [0.15, 0.2) is 6.33 Å². The second kappa shape index (κ2) is 5.60. The number of carbonyl (C=O) groups is 1. The number of methoxy groups -OCH3 is 1. The van der Waals surface area contributed by atoms with Crippen LogP contribution in [0.2, 0.25) is 0 Å². The highest BCUT2D eigenvalue weighted by Gasteiger charge is 2.24. The van der Waals surface area contributed by atoms with Crippen LogP contribution in [0.25, 0.3) is 0 Å². The van der Waals surface area contributed by atoms with E-state index in [0.717, 1.165) is 0 Å². The monoisotopic (exact) mass is 227 g/mol. The van der Waals surface area contributed by atoms with Crippen molar-refractivity contribution in [2.75, 3.05) is 13.7 Å². The Labute approximate surface area is 94.2 Å². The SMILES string of the molecule is COCCn1cnnc1C(C)C(C)C(=O)O. The highest BCUT2D eigenvalue weighted by atomic mass is 16.5. The van der Waals surface area contributed by atoms with Crippen molar-refractivity contribution >= 4 is 5.97 Å². The van der Waals surface area contributed by atoms with Gasteiger partial charge in [0.2, 0.25) is 0 Å². The Morgan fingerprint density at radius 2 is 2.31 bits per heavy atom. The largest absolute Gasteiger partial charge is 0.481 e. The quantitative estimate of drug-likeness (QED) is 0.776. The van der Waals surface area contributed by atoms with Crippen molar-refractivity contribution in [2.24, 2.45) is 5.92 Å². The molecule has 0 fully saturated rings. The van der Waals surface area contributed by atoms with E-state index in [2.05, 4.69) is 10.2 Å². The third kappa shape index (κ3) is 2.79. The summed E-state index contributed by atoms with van der Waals surface area (Å²) in [5.74, 6) is -0.789. The summed E-state index contributed by atoms with van der Waals surface area (Å²) >= 11 is 0. The zero-order valence-corrected chi connectivity index (χ0v) is 9.75. The molecule has 0 aliphatic rings. The first-order valence-corrected chi connectivity index (χ1v) is 5.17. The van der Waals surface area contributed by atoms with E-state index in [1.54, 1.807) is 20.4 Å². The van der Waals surface area contributed by atoms with Crippen LogP contribution in [0.5, 0.6) is 0 Å². The van der Waals surface area contributed by atoms with Crippen molar-refractivity contribution < 1.29 is 14.6 Å². The van der Waals surface area contributed by atoms with E-state index in [1.807, 2.05) is 11.5 Å². The highest BCUT2D eigenvalue weighted by Crippen LogP contribution is 2.22. The molecule has 16 heavy (non-hydrogen) atoms. The number of aromatic nitrogens is 3. The molecule has 6 nitrogen and oxygen atoms in total. The minimum absolute atomic E-state index is 0.170. The summed E-state index contributed by atoms with van der Waals surface area (Å²) in [5, 5.41) is 16.7. The summed E-state index contributed by atoms with van der Waals surface area (Å²) in [6.07, 6.45) is 1.60. The third-order valence-corrected chi connectivity index (χ3v) is 2.73. The van der Waals surface area contributed by atoms with Crippen molar-refractivity contribution in [1.82, 2.24) is 14.8 Å². The van der Waals surface area contributed by atoms with Gasteiger partial charge in [0.1, 0.15) is 12.2 Å². The average Bonchev–Trinajstić information content (AvgIpc) is 2.72. The lowest BCUT2D eigenvalue weighted by Crippen LogP contribution is -2.20. The van der Waals surface area contributed by atoms with Gasteiger partial charge in [-0.3, -0.25) is 4.79 Å². The summed E-state index contributed by atoms with van der Waals surface area (Å²) in [6.45, 7) is 4.70. The van der Waals surface area contributed by atoms with Crippen LogP contribution >= 0.6 is 0 Å². The smallest absolute Gasteiger partial charge is 0.306 e. The molecule has 0 saturated heterocycles. The molecule has 0 spiro atoms. The molecule has 0 aliphatic heterocycles. The lowest BCUT2D eigenvalue weighted by Gasteiger charge is -2.16. The molecule has 90 valence electrons. The van der Waals surface area contributed by atoms with Gasteiger partial charge in [-0.05, 0) is 0 Å². The number of carboxylic acids is 1. The third-order valence-electron chi connectivity index (χ3n) is 2.73. The van der Waals surface area contributed by atoms with Crippen molar-refractivity contribution in [3.63, 3.8) is 0 Å². The van der Waals surface area contributed by atoms with Crippen molar-refractivity contribution in [3.05, 3.63) is 12.2 Å². The van der Waals surface area contributed by atoms with Crippen LogP contribution in [0.4, 0.5) is 0 Å². The maximum atomic E-state index is 10.9. The average molecular weight is 227 g/mol. The molecule has 1 heterocycles. The van der Waals surface area contributed by atoms with Crippen LogP contribution in [0.3, 0.4) is 0 Å². The van der Waals surface area contributed by atoms with E-state index in [9.17, 15) is 4.79 Å². The number of hydrogen-bond acceptors (Lipinski definition) is 4. The number of hydrogen-bond donors (Lipinski definition) is 1. The fraction of sp³-hybridized carbons (Fsp3) is 0.700. The maximum Gasteiger partial charge on any atom is 0.306 e. The minimum atomic E-state index is -0.825. The Kier molecular flexibility index (Phi) is 4.42. The van der Waals surface area contributed by atoms with Gasteiger partial charge in [-0.15, -0.1) is 10.2 Å². The molecule has 6 heteroatoms. The highest BCUT2D eigenvalue weighted by molar-refractivity contribution is 5.70. The Bertz CT molecular complexity index is 351. The van der Waals surface area contributed by atoms with Crippen LogP contribution in [0, 0.1) is 5.92 Å². The second-order valence-electron chi connectivity index (χ2n) is 3.79. The standard InChI is InChI=1S/C10H17N3O3/c1-7(8(2)10(14)15)9-12-11-6-13(9)4-5-16-3/h6-8H,4-5H2,1-3H3,(H,14,15). The number of aliphatic carboxylic acids is 1. The fourth-order valence-corrected chi connectivity index (χ4v) is 1.42. The topological polar surface area (TPSA) is 77.2 Å². The minimum Gasteiger partial charge on any atom is -0.481 e. The predicted octanol–water partition coefficient (Wildman–Crippen LogP) is 0.749. The van der Waals surface area contributed by atoms with Gasteiger partial charge < -0.3 is 14.4 Å². The van der Waals surface area contributed by atoms with Gasteiger partial charge in [0, 0.05) is 19.6 Å². The van der Waals surface area contributed by atoms with Crippen LogP contribution in [-0.2, 0) is 16.1 Å². The van der Waals surface area contributed by atoms with E-state index in [-0.39, 0.29) is 5.92 Å². The molecule has 1 aromatic heterocycles. The van der Waals surface area contributed by atoms with Crippen molar-refractivity contribution in [2.45, 2.75) is 26.3 Å². The summed E-state index contributed by atoms with van der Waals surface area (Å²) in [4.78, 5) is 10.9. The van der Waals surface area contributed by atoms with E-state index >= 15 is 0 Å². The number of ether oxygens (including phenoxy) is 1. The molecule has 0 saturated carbocycles.